The van der Waals surface area contributed by atoms with E-state index in [1.165, 1.54) is 0 Å². The largest absolute Gasteiger partial charge is 0.491 e. The zero-order valence-corrected chi connectivity index (χ0v) is 12.3. The van der Waals surface area contributed by atoms with Crippen LogP contribution in [0.2, 0.25) is 0 Å². The van der Waals surface area contributed by atoms with Crippen molar-refractivity contribution in [3.05, 3.63) is 29.8 Å². The van der Waals surface area contributed by atoms with Crippen LogP contribution in [-0.2, 0) is 4.79 Å². The first-order valence-electron chi connectivity index (χ1n) is 6.89. The summed E-state index contributed by atoms with van der Waals surface area (Å²) in [5.74, 6) is 0.428. The second-order valence-electron chi connectivity index (χ2n) is 4.63. The molecule has 0 aliphatic rings. The smallest absolute Gasteiger partial charge is 0.236 e. The van der Waals surface area contributed by atoms with E-state index >= 15 is 0 Å². The second-order valence-corrected chi connectivity index (χ2v) is 4.63. The van der Waals surface area contributed by atoms with E-state index < -0.39 is 6.10 Å². The molecule has 0 aliphatic heterocycles. The molecule has 0 saturated heterocycles. The monoisotopic (exact) mass is 291 g/mol. The average molecular weight is 291 g/mol. The lowest BCUT2D eigenvalue weighted by molar-refractivity contribution is -0.122. The van der Waals surface area contributed by atoms with Crippen LogP contribution in [0.25, 0.3) is 0 Å². The van der Waals surface area contributed by atoms with Gasteiger partial charge in [0.25, 0.3) is 0 Å². The highest BCUT2D eigenvalue weighted by molar-refractivity contribution is 5.81. The fourth-order valence-electron chi connectivity index (χ4n) is 1.64. The summed E-state index contributed by atoms with van der Waals surface area (Å²) >= 11 is 0. The Labute approximate surface area is 124 Å². The summed E-state index contributed by atoms with van der Waals surface area (Å²) < 4.78 is 5.41. The lowest BCUT2D eigenvalue weighted by Gasteiger charge is -2.17. The van der Waals surface area contributed by atoms with Crippen LogP contribution in [0.5, 0.6) is 5.75 Å². The summed E-state index contributed by atoms with van der Waals surface area (Å²) in [4.78, 5) is 11.5. The van der Waals surface area contributed by atoms with Crippen molar-refractivity contribution in [3.8, 4) is 11.8 Å². The minimum Gasteiger partial charge on any atom is -0.491 e. The first-order valence-corrected chi connectivity index (χ1v) is 6.89. The number of amides is 1. The maximum Gasteiger partial charge on any atom is 0.236 e. The van der Waals surface area contributed by atoms with E-state index in [-0.39, 0.29) is 25.1 Å². The van der Waals surface area contributed by atoms with Gasteiger partial charge in [-0.2, -0.15) is 5.26 Å². The Morgan fingerprint density at radius 3 is 2.95 bits per heavy atom. The third kappa shape index (κ3) is 6.25. The molecule has 0 radical (unpaired) electrons. The molecule has 0 heterocycles. The van der Waals surface area contributed by atoms with Crippen LogP contribution in [0.4, 0.5) is 0 Å². The molecule has 1 rings (SSSR count). The summed E-state index contributed by atoms with van der Waals surface area (Å²) in [7, 11) is 0. The molecule has 1 aromatic rings. The molecule has 1 aromatic carbocycles. The molecule has 21 heavy (non-hydrogen) atoms. The van der Waals surface area contributed by atoms with Crippen LogP contribution in [0.1, 0.15) is 19.4 Å². The maximum absolute atomic E-state index is 11.5. The fraction of sp³-hybridized carbons (Fsp3) is 0.467. The number of nitrogens with zero attached hydrogens (tertiary/aromatic N) is 1. The molecule has 0 aliphatic carbocycles. The number of benzene rings is 1. The van der Waals surface area contributed by atoms with Crippen molar-refractivity contribution in [3.63, 3.8) is 0 Å². The molecular weight excluding hydrogens is 270 g/mol. The van der Waals surface area contributed by atoms with Crippen molar-refractivity contribution in [1.29, 1.82) is 5.26 Å². The van der Waals surface area contributed by atoms with Gasteiger partial charge in [0.2, 0.25) is 5.91 Å². The predicted octanol–water partition coefficient (Wildman–Crippen LogP) is 0.412. The lowest BCUT2D eigenvalue weighted by atomic mass is 10.2. The van der Waals surface area contributed by atoms with E-state index in [0.29, 0.717) is 17.9 Å². The number of hydrogen-bond acceptors (Lipinski definition) is 5. The van der Waals surface area contributed by atoms with E-state index in [0.717, 1.165) is 0 Å². The number of hydrogen-bond donors (Lipinski definition) is 3. The van der Waals surface area contributed by atoms with Crippen LogP contribution >= 0.6 is 0 Å². The molecule has 0 spiro atoms. The van der Waals surface area contributed by atoms with Gasteiger partial charge >= 0.3 is 0 Å². The first-order chi connectivity index (χ1) is 10.1. The molecule has 2 unspecified atom stereocenters. The number of carbonyl (C=O) groups is 1. The summed E-state index contributed by atoms with van der Waals surface area (Å²) in [5, 5.41) is 24.2. The van der Waals surface area contributed by atoms with Crippen LogP contribution < -0.4 is 15.4 Å². The topological polar surface area (TPSA) is 94.4 Å². The van der Waals surface area contributed by atoms with E-state index in [4.69, 9.17) is 10.00 Å². The SMILES string of the molecule is CCNC(=O)C(C)NCC(O)COc1cccc(C#N)c1. The molecule has 6 nitrogen and oxygen atoms in total. The van der Waals surface area contributed by atoms with Gasteiger partial charge in [0.15, 0.2) is 0 Å². The Morgan fingerprint density at radius 2 is 2.29 bits per heavy atom. The third-order valence-corrected chi connectivity index (χ3v) is 2.81. The quantitative estimate of drug-likeness (QED) is 0.645. The van der Waals surface area contributed by atoms with Gasteiger partial charge in [-0.25, -0.2) is 0 Å². The number of carbonyl (C=O) groups excluding carboxylic acids is 1. The van der Waals surface area contributed by atoms with Crippen LogP contribution in [0.3, 0.4) is 0 Å². The number of likely N-dealkylation sites (N-methyl/N-ethyl adjacent to an activating group) is 1. The molecule has 0 bridgehead atoms. The predicted molar refractivity (Wildman–Crippen MR) is 78.8 cm³/mol. The molecule has 0 saturated carbocycles. The molecule has 3 N–H and O–H groups in total. The zero-order valence-electron chi connectivity index (χ0n) is 12.3. The minimum atomic E-state index is -0.743. The van der Waals surface area contributed by atoms with Gasteiger partial charge in [-0.05, 0) is 32.0 Å². The van der Waals surface area contributed by atoms with E-state index in [9.17, 15) is 9.90 Å². The Bertz CT molecular complexity index is 499. The zero-order chi connectivity index (χ0) is 15.7. The van der Waals surface area contributed by atoms with Crippen molar-refractivity contribution in [2.45, 2.75) is 26.0 Å². The van der Waals surface area contributed by atoms with E-state index in [1.54, 1.807) is 31.2 Å². The van der Waals surface area contributed by atoms with Crippen molar-refractivity contribution in [2.75, 3.05) is 19.7 Å². The molecule has 114 valence electrons. The van der Waals surface area contributed by atoms with Crippen LogP contribution in [0, 0.1) is 11.3 Å². The van der Waals surface area contributed by atoms with Gasteiger partial charge in [0.1, 0.15) is 18.5 Å². The third-order valence-electron chi connectivity index (χ3n) is 2.81. The molecule has 2 atom stereocenters. The number of nitrogens with one attached hydrogen (secondary N) is 2. The lowest BCUT2D eigenvalue weighted by Crippen LogP contribution is -2.45. The number of rotatable bonds is 8. The summed E-state index contributed by atoms with van der Waals surface area (Å²) in [6, 6.07) is 8.37. The van der Waals surface area contributed by atoms with Crippen molar-refractivity contribution in [2.24, 2.45) is 0 Å². The molecule has 6 heteroatoms. The Balaban J connectivity index is 2.32. The Morgan fingerprint density at radius 1 is 1.52 bits per heavy atom. The molecule has 0 fully saturated rings. The highest BCUT2D eigenvalue weighted by atomic mass is 16.5. The van der Waals surface area contributed by atoms with Gasteiger partial charge in [-0.3, -0.25) is 4.79 Å². The van der Waals surface area contributed by atoms with Gasteiger partial charge in [-0.1, -0.05) is 6.07 Å². The summed E-state index contributed by atoms with van der Waals surface area (Å²) in [6.45, 7) is 4.49. The number of nitriles is 1. The second kappa shape index (κ2) is 8.95. The highest BCUT2D eigenvalue weighted by Gasteiger charge is 2.13. The highest BCUT2D eigenvalue weighted by Crippen LogP contribution is 2.12. The summed E-state index contributed by atoms with van der Waals surface area (Å²) in [6.07, 6.45) is -0.743. The number of aliphatic hydroxyl groups excluding tert-OH is 1. The fourth-order valence-corrected chi connectivity index (χ4v) is 1.64. The van der Waals surface area contributed by atoms with Crippen molar-refractivity contribution in [1.82, 2.24) is 10.6 Å². The van der Waals surface area contributed by atoms with Gasteiger partial charge in [-0.15, -0.1) is 0 Å². The Hall–Kier alpha value is -2.10. The van der Waals surface area contributed by atoms with Gasteiger partial charge < -0.3 is 20.5 Å². The van der Waals surface area contributed by atoms with Gasteiger partial charge in [0, 0.05) is 13.1 Å². The van der Waals surface area contributed by atoms with Crippen LogP contribution in [-0.4, -0.2) is 42.9 Å². The molecular formula is C15H21N3O3. The van der Waals surface area contributed by atoms with E-state index in [1.807, 2.05) is 13.0 Å². The molecule has 1 amide bonds. The maximum atomic E-state index is 11.5. The molecule has 0 aromatic heterocycles. The Kier molecular flexibility index (Phi) is 7.23. The minimum absolute atomic E-state index is 0.0873. The van der Waals surface area contributed by atoms with Gasteiger partial charge in [0.05, 0.1) is 17.7 Å². The van der Waals surface area contributed by atoms with E-state index in [2.05, 4.69) is 10.6 Å². The van der Waals surface area contributed by atoms with Crippen molar-refractivity contribution >= 4 is 5.91 Å². The standard InChI is InChI=1S/C15H21N3O3/c1-3-17-15(20)11(2)18-9-13(19)10-21-14-6-4-5-12(7-14)8-16/h4-7,11,13,18-19H,3,9-10H2,1-2H3,(H,17,20). The van der Waals surface area contributed by atoms with Crippen LogP contribution in [0.15, 0.2) is 24.3 Å². The first kappa shape index (κ1) is 17.0. The average Bonchev–Trinajstić information content (AvgIpc) is 2.50. The normalized spacial score (nSPS) is 13.0. The number of aliphatic hydroxyl groups is 1. The number of ether oxygens (including phenoxy) is 1. The summed E-state index contributed by atoms with van der Waals surface area (Å²) in [5.41, 5.74) is 0.505. The van der Waals surface area contributed by atoms with Crippen molar-refractivity contribution < 1.29 is 14.6 Å².